The van der Waals surface area contributed by atoms with Gasteiger partial charge in [0.25, 0.3) is 0 Å². The highest BCUT2D eigenvalue weighted by molar-refractivity contribution is 9.11. The highest BCUT2D eigenvalue weighted by Gasteiger charge is 2.18. The van der Waals surface area contributed by atoms with Crippen LogP contribution < -0.4 is 10.1 Å². The van der Waals surface area contributed by atoms with Gasteiger partial charge in [-0.3, -0.25) is 9.36 Å². The first kappa shape index (κ1) is 24.8. The Morgan fingerprint density at radius 1 is 1.09 bits per heavy atom. The second-order valence-electron chi connectivity index (χ2n) is 7.29. The van der Waals surface area contributed by atoms with Gasteiger partial charge in [0.1, 0.15) is 5.75 Å². The predicted molar refractivity (Wildman–Crippen MR) is 144 cm³/mol. The van der Waals surface area contributed by atoms with Crippen molar-refractivity contribution in [3.05, 3.63) is 80.2 Å². The molecule has 4 aromatic rings. The fourth-order valence-electron chi connectivity index (χ4n) is 3.26. The molecule has 0 spiro atoms. The Labute approximate surface area is 223 Å². The zero-order valence-corrected chi connectivity index (χ0v) is 22.9. The van der Waals surface area contributed by atoms with Crippen molar-refractivity contribution in [3.8, 4) is 22.8 Å². The number of anilines is 1. The molecule has 1 heterocycles. The molecular formula is C24H19Br2ClN4O2S. The molecule has 6 nitrogen and oxygen atoms in total. The number of rotatable bonds is 7. The summed E-state index contributed by atoms with van der Waals surface area (Å²) in [6.45, 7) is 1.99. The summed E-state index contributed by atoms with van der Waals surface area (Å²) < 4.78 is 8.88. The van der Waals surface area contributed by atoms with E-state index in [0.717, 1.165) is 25.8 Å². The molecule has 34 heavy (non-hydrogen) atoms. The number of thioether (sulfide) groups is 1. The second kappa shape index (κ2) is 10.9. The molecule has 0 bridgehead atoms. The molecule has 1 aromatic heterocycles. The smallest absolute Gasteiger partial charge is 0.234 e. The Morgan fingerprint density at radius 3 is 2.47 bits per heavy atom. The summed E-state index contributed by atoms with van der Waals surface area (Å²) in [5.41, 5.74) is 3.43. The average Bonchev–Trinajstić information content (AvgIpc) is 3.24. The maximum Gasteiger partial charge on any atom is 0.234 e. The molecule has 4 rings (SSSR count). The lowest BCUT2D eigenvalue weighted by Gasteiger charge is -2.12. The van der Waals surface area contributed by atoms with Crippen LogP contribution in [0.4, 0.5) is 5.69 Å². The van der Waals surface area contributed by atoms with Crippen molar-refractivity contribution < 1.29 is 9.53 Å². The number of nitrogens with one attached hydrogen (secondary N) is 1. The van der Waals surface area contributed by atoms with Gasteiger partial charge < -0.3 is 10.1 Å². The van der Waals surface area contributed by atoms with Crippen molar-refractivity contribution in [2.45, 2.75) is 12.1 Å². The molecule has 0 aliphatic heterocycles. The number of hydrogen-bond donors (Lipinski definition) is 1. The number of carbonyl (C=O) groups excluding carboxylic acids is 1. The van der Waals surface area contributed by atoms with Crippen molar-refractivity contribution in [2.24, 2.45) is 0 Å². The number of carbonyl (C=O) groups is 1. The maximum absolute atomic E-state index is 12.8. The van der Waals surface area contributed by atoms with Crippen molar-refractivity contribution in [1.82, 2.24) is 14.8 Å². The van der Waals surface area contributed by atoms with Gasteiger partial charge in [-0.1, -0.05) is 35.5 Å². The fraction of sp³-hybridized carbons (Fsp3) is 0.125. The number of ether oxygens (including phenoxy) is 1. The average molecular weight is 623 g/mol. The quantitative estimate of drug-likeness (QED) is 0.222. The van der Waals surface area contributed by atoms with Crippen LogP contribution in [0.15, 0.2) is 74.8 Å². The third kappa shape index (κ3) is 5.66. The minimum absolute atomic E-state index is 0.149. The summed E-state index contributed by atoms with van der Waals surface area (Å²) in [7, 11) is 1.62. The molecule has 0 aliphatic rings. The number of benzene rings is 3. The van der Waals surface area contributed by atoms with Gasteiger partial charge >= 0.3 is 0 Å². The van der Waals surface area contributed by atoms with Gasteiger partial charge in [0.2, 0.25) is 5.91 Å². The fourth-order valence-corrected chi connectivity index (χ4v) is 5.75. The molecule has 174 valence electrons. The first-order valence-corrected chi connectivity index (χ1v) is 13.0. The summed E-state index contributed by atoms with van der Waals surface area (Å²) in [6.07, 6.45) is 0. The van der Waals surface area contributed by atoms with E-state index in [1.165, 1.54) is 11.8 Å². The molecule has 1 N–H and O–H groups in total. The SMILES string of the molecule is COc1cccc(-c2nnc(SCC(=O)Nc3c(Br)cc(C)cc3Br)n2-c2ccc(Cl)cc2)c1. The molecule has 3 aromatic carbocycles. The van der Waals surface area contributed by atoms with Crippen molar-refractivity contribution >= 4 is 66.8 Å². The molecule has 10 heteroatoms. The molecule has 0 fully saturated rings. The zero-order valence-electron chi connectivity index (χ0n) is 18.2. The Morgan fingerprint density at radius 2 is 1.79 bits per heavy atom. The van der Waals surface area contributed by atoms with Gasteiger partial charge in [-0.2, -0.15) is 0 Å². The lowest BCUT2D eigenvalue weighted by atomic mass is 10.2. The number of hydrogen-bond acceptors (Lipinski definition) is 5. The predicted octanol–water partition coefficient (Wildman–Crippen LogP) is 7.16. The van der Waals surface area contributed by atoms with Gasteiger partial charge in [0.15, 0.2) is 11.0 Å². The third-order valence-electron chi connectivity index (χ3n) is 4.83. The van der Waals surface area contributed by atoms with Crippen LogP contribution in [-0.2, 0) is 4.79 Å². The molecule has 0 unspecified atom stereocenters. The normalized spacial score (nSPS) is 10.9. The molecule has 0 saturated carbocycles. The summed E-state index contributed by atoms with van der Waals surface area (Å²) in [6, 6.07) is 18.9. The molecule has 0 radical (unpaired) electrons. The topological polar surface area (TPSA) is 69.0 Å². The standard InChI is InChI=1S/C24H19Br2ClN4O2S/c1-14-10-19(25)22(20(26)11-14)28-21(32)13-34-24-30-29-23(15-4-3-5-18(12-15)33-2)31(24)17-8-6-16(27)7-9-17/h3-12H,13H2,1-2H3,(H,28,32). The zero-order chi connectivity index (χ0) is 24.2. The lowest BCUT2D eigenvalue weighted by Crippen LogP contribution is -2.15. The summed E-state index contributed by atoms with van der Waals surface area (Å²) in [4.78, 5) is 12.8. The van der Waals surface area contributed by atoms with Gasteiger partial charge in [-0.25, -0.2) is 0 Å². The minimum atomic E-state index is -0.163. The van der Waals surface area contributed by atoms with E-state index < -0.39 is 0 Å². The summed E-state index contributed by atoms with van der Waals surface area (Å²) in [5.74, 6) is 1.33. The van der Waals surface area contributed by atoms with Crippen LogP contribution in [0.1, 0.15) is 5.56 Å². The molecular weight excluding hydrogens is 604 g/mol. The molecule has 1 amide bonds. The van der Waals surface area contributed by atoms with Crippen LogP contribution in [-0.4, -0.2) is 33.5 Å². The Kier molecular flexibility index (Phi) is 7.98. The number of nitrogens with zero attached hydrogens (tertiary/aromatic N) is 3. The van der Waals surface area contributed by atoms with E-state index in [9.17, 15) is 4.79 Å². The van der Waals surface area contributed by atoms with Crippen LogP contribution in [0, 0.1) is 6.92 Å². The van der Waals surface area contributed by atoms with E-state index in [0.29, 0.717) is 27.4 Å². The van der Waals surface area contributed by atoms with E-state index >= 15 is 0 Å². The lowest BCUT2D eigenvalue weighted by molar-refractivity contribution is -0.113. The van der Waals surface area contributed by atoms with Crippen molar-refractivity contribution in [1.29, 1.82) is 0 Å². The Balaban J connectivity index is 1.62. The van der Waals surface area contributed by atoms with Crippen molar-refractivity contribution in [3.63, 3.8) is 0 Å². The number of aryl methyl sites for hydroxylation is 1. The van der Waals surface area contributed by atoms with Gasteiger partial charge in [0, 0.05) is 25.2 Å². The van der Waals surface area contributed by atoms with Gasteiger partial charge in [-0.05, 0) is 92.9 Å². The van der Waals surface area contributed by atoms with E-state index in [1.54, 1.807) is 19.2 Å². The minimum Gasteiger partial charge on any atom is -0.497 e. The van der Waals surface area contributed by atoms with Gasteiger partial charge in [0.05, 0.1) is 18.6 Å². The number of methoxy groups -OCH3 is 1. The Hall–Kier alpha value is -2.33. The highest BCUT2D eigenvalue weighted by Crippen LogP contribution is 2.33. The third-order valence-corrected chi connectivity index (χ3v) is 7.26. The summed E-state index contributed by atoms with van der Waals surface area (Å²) >= 11 is 14.4. The molecule has 0 aliphatic carbocycles. The summed E-state index contributed by atoms with van der Waals surface area (Å²) in [5, 5.41) is 13.0. The second-order valence-corrected chi connectivity index (χ2v) is 10.4. The van der Waals surface area contributed by atoms with Crippen LogP contribution in [0.5, 0.6) is 5.75 Å². The largest absolute Gasteiger partial charge is 0.497 e. The van der Waals surface area contributed by atoms with E-state index in [1.807, 2.05) is 60.0 Å². The number of aromatic nitrogens is 3. The first-order valence-electron chi connectivity index (χ1n) is 10.1. The highest BCUT2D eigenvalue weighted by atomic mass is 79.9. The van der Waals surface area contributed by atoms with E-state index in [-0.39, 0.29) is 11.7 Å². The number of amides is 1. The molecule has 0 saturated heterocycles. The van der Waals surface area contributed by atoms with Crippen LogP contribution in [0.25, 0.3) is 17.1 Å². The van der Waals surface area contributed by atoms with Crippen molar-refractivity contribution in [2.75, 3.05) is 18.2 Å². The monoisotopic (exact) mass is 620 g/mol. The van der Waals surface area contributed by atoms with E-state index in [2.05, 4.69) is 47.4 Å². The molecule has 0 atom stereocenters. The van der Waals surface area contributed by atoms with E-state index in [4.69, 9.17) is 16.3 Å². The van der Waals surface area contributed by atoms with Gasteiger partial charge in [-0.15, -0.1) is 10.2 Å². The Bertz CT molecular complexity index is 1320. The first-order chi connectivity index (χ1) is 16.4. The van der Waals surface area contributed by atoms with Crippen LogP contribution >= 0.6 is 55.2 Å². The van der Waals surface area contributed by atoms with Crippen LogP contribution in [0.2, 0.25) is 5.02 Å². The van der Waals surface area contributed by atoms with Crippen LogP contribution in [0.3, 0.4) is 0 Å². The maximum atomic E-state index is 12.8. The number of halogens is 3.